The normalized spacial score (nSPS) is 11.9. The molecule has 1 rings (SSSR count). The van der Waals surface area contributed by atoms with E-state index in [0.29, 0.717) is 12.1 Å². The molecule has 1 aromatic carbocycles. The molecule has 0 heterocycles. The predicted octanol–water partition coefficient (Wildman–Crippen LogP) is 2.14. The minimum Gasteiger partial charge on any atom is -0.392 e. The predicted molar refractivity (Wildman–Crippen MR) is 63.8 cm³/mol. The number of nitrogens with zero attached hydrogens (tertiary/aromatic N) is 2. The summed E-state index contributed by atoms with van der Waals surface area (Å²) in [6, 6.07) is 7.58. The van der Waals surface area contributed by atoms with Gasteiger partial charge < -0.3 is 10.0 Å². The Kier molecular flexibility index (Phi) is 4.13. The molecule has 0 aliphatic rings. The number of nitriles is 1. The summed E-state index contributed by atoms with van der Waals surface area (Å²) in [6.07, 6.45) is -0.389. The van der Waals surface area contributed by atoms with Crippen molar-refractivity contribution in [3.05, 3.63) is 28.2 Å². The number of hydrogen-bond acceptors (Lipinski definition) is 3. The third-order valence-electron chi connectivity index (χ3n) is 1.99. The SMILES string of the molecule is CC(O)CN(C)c1cc(Br)cc(C#N)c1. The zero-order valence-electron chi connectivity index (χ0n) is 8.74. The molecule has 1 aromatic rings. The molecule has 0 aliphatic heterocycles. The highest BCUT2D eigenvalue weighted by Crippen LogP contribution is 2.21. The standard InChI is InChI=1S/C11H13BrN2O/c1-8(15)7-14(2)11-4-9(6-13)3-10(12)5-11/h3-5,8,15H,7H2,1-2H3. The van der Waals surface area contributed by atoms with Gasteiger partial charge in [-0.05, 0) is 25.1 Å². The number of rotatable bonds is 3. The molecule has 80 valence electrons. The third-order valence-corrected chi connectivity index (χ3v) is 2.45. The van der Waals surface area contributed by atoms with Crippen LogP contribution in [0.1, 0.15) is 12.5 Å². The van der Waals surface area contributed by atoms with Crippen molar-refractivity contribution in [1.82, 2.24) is 0 Å². The average Bonchev–Trinajstić information content (AvgIpc) is 2.15. The maximum Gasteiger partial charge on any atom is 0.0992 e. The van der Waals surface area contributed by atoms with Gasteiger partial charge in [-0.15, -0.1) is 0 Å². The van der Waals surface area contributed by atoms with Crippen molar-refractivity contribution in [2.45, 2.75) is 13.0 Å². The average molecular weight is 269 g/mol. The number of halogens is 1. The minimum absolute atomic E-state index is 0.389. The Bertz CT molecular complexity index is 385. The largest absolute Gasteiger partial charge is 0.392 e. The van der Waals surface area contributed by atoms with E-state index in [0.717, 1.165) is 10.2 Å². The molecule has 1 atom stereocenters. The Morgan fingerprint density at radius 1 is 1.53 bits per heavy atom. The van der Waals surface area contributed by atoms with E-state index in [-0.39, 0.29) is 6.10 Å². The first-order valence-corrected chi connectivity index (χ1v) is 5.42. The van der Waals surface area contributed by atoms with Gasteiger partial charge in [0.05, 0.1) is 17.7 Å². The molecule has 1 N–H and O–H groups in total. The molecule has 0 bridgehead atoms. The molecule has 0 saturated heterocycles. The van der Waals surface area contributed by atoms with Crippen LogP contribution in [0.15, 0.2) is 22.7 Å². The van der Waals surface area contributed by atoms with Gasteiger partial charge in [-0.25, -0.2) is 0 Å². The van der Waals surface area contributed by atoms with Crippen LogP contribution in [0.25, 0.3) is 0 Å². The topological polar surface area (TPSA) is 47.3 Å². The fraction of sp³-hybridized carbons (Fsp3) is 0.364. The van der Waals surface area contributed by atoms with Crippen LogP contribution < -0.4 is 4.90 Å². The van der Waals surface area contributed by atoms with Gasteiger partial charge in [-0.2, -0.15) is 5.26 Å². The number of aliphatic hydroxyl groups excluding tert-OH is 1. The first-order valence-electron chi connectivity index (χ1n) is 4.63. The fourth-order valence-corrected chi connectivity index (χ4v) is 1.84. The van der Waals surface area contributed by atoms with Gasteiger partial charge in [-0.3, -0.25) is 0 Å². The van der Waals surface area contributed by atoms with Gasteiger partial charge >= 0.3 is 0 Å². The highest BCUT2D eigenvalue weighted by atomic mass is 79.9. The Morgan fingerprint density at radius 3 is 2.73 bits per heavy atom. The molecular weight excluding hydrogens is 256 g/mol. The van der Waals surface area contributed by atoms with E-state index in [1.54, 1.807) is 19.1 Å². The van der Waals surface area contributed by atoms with Crippen LogP contribution in [0, 0.1) is 11.3 Å². The lowest BCUT2D eigenvalue weighted by Crippen LogP contribution is -2.26. The highest BCUT2D eigenvalue weighted by Gasteiger charge is 2.06. The molecule has 0 saturated carbocycles. The summed E-state index contributed by atoms with van der Waals surface area (Å²) >= 11 is 3.35. The zero-order chi connectivity index (χ0) is 11.4. The van der Waals surface area contributed by atoms with E-state index in [2.05, 4.69) is 22.0 Å². The maximum absolute atomic E-state index is 9.26. The molecule has 0 spiro atoms. The minimum atomic E-state index is -0.389. The second-order valence-electron chi connectivity index (χ2n) is 3.54. The van der Waals surface area contributed by atoms with Crippen molar-refractivity contribution < 1.29 is 5.11 Å². The van der Waals surface area contributed by atoms with Crippen LogP contribution in [-0.4, -0.2) is 24.8 Å². The molecule has 0 amide bonds. The maximum atomic E-state index is 9.26. The summed E-state index contributed by atoms with van der Waals surface area (Å²) in [5.74, 6) is 0. The summed E-state index contributed by atoms with van der Waals surface area (Å²) in [5.41, 5.74) is 1.53. The molecule has 0 aromatic heterocycles. The first-order chi connectivity index (χ1) is 7.02. The quantitative estimate of drug-likeness (QED) is 0.914. The third kappa shape index (κ3) is 3.54. The lowest BCUT2D eigenvalue weighted by molar-refractivity contribution is 0.201. The van der Waals surface area contributed by atoms with E-state index in [1.165, 1.54) is 0 Å². The Labute approximate surface area is 98.1 Å². The molecule has 0 radical (unpaired) electrons. The Hall–Kier alpha value is -1.05. The van der Waals surface area contributed by atoms with Crippen molar-refractivity contribution >= 4 is 21.6 Å². The van der Waals surface area contributed by atoms with Crippen LogP contribution in [-0.2, 0) is 0 Å². The number of likely N-dealkylation sites (N-methyl/N-ethyl adjacent to an activating group) is 1. The zero-order valence-corrected chi connectivity index (χ0v) is 10.3. The van der Waals surface area contributed by atoms with E-state index in [4.69, 9.17) is 5.26 Å². The molecule has 0 aliphatic carbocycles. The van der Waals surface area contributed by atoms with Gasteiger partial charge in [0.1, 0.15) is 0 Å². The van der Waals surface area contributed by atoms with Gasteiger partial charge in [0.2, 0.25) is 0 Å². The summed E-state index contributed by atoms with van der Waals surface area (Å²) in [6.45, 7) is 2.28. The van der Waals surface area contributed by atoms with Gasteiger partial charge in [0.25, 0.3) is 0 Å². The number of benzene rings is 1. The van der Waals surface area contributed by atoms with E-state index in [9.17, 15) is 5.11 Å². The van der Waals surface area contributed by atoms with Crippen molar-refractivity contribution in [2.75, 3.05) is 18.5 Å². The van der Waals surface area contributed by atoms with Crippen LogP contribution in [0.3, 0.4) is 0 Å². The number of aliphatic hydroxyl groups is 1. The number of anilines is 1. The van der Waals surface area contributed by atoms with E-state index < -0.39 is 0 Å². The van der Waals surface area contributed by atoms with Crippen molar-refractivity contribution in [2.24, 2.45) is 0 Å². The van der Waals surface area contributed by atoms with Crippen LogP contribution in [0.4, 0.5) is 5.69 Å². The van der Waals surface area contributed by atoms with E-state index >= 15 is 0 Å². The Balaban J connectivity index is 2.94. The lowest BCUT2D eigenvalue weighted by Gasteiger charge is -2.21. The first kappa shape index (κ1) is 12.0. The van der Waals surface area contributed by atoms with E-state index in [1.807, 2.05) is 18.0 Å². The second kappa shape index (κ2) is 5.15. The summed E-state index contributed by atoms with van der Waals surface area (Å²) in [4.78, 5) is 1.91. The van der Waals surface area contributed by atoms with Gasteiger partial charge in [0, 0.05) is 23.8 Å². The van der Waals surface area contributed by atoms with Crippen LogP contribution in [0.2, 0.25) is 0 Å². The summed E-state index contributed by atoms with van der Waals surface area (Å²) < 4.78 is 0.869. The molecule has 1 unspecified atom stereocenters. The highest BCUT2D eigenvalue weighted by molar-refractivity contribution is 9.10. The summed E-state index contributed by atoms with van der Waals surface area (Å²) in [7, 11) is 1.88. The molecule has 4 heteroatoms. The molecule has 3 nitrogen and oxygen atoms in total. The monoisotopic (exact) mass is 268 g/mol. The number of hydrogen-bond donors (Lipinski definition) is 1. The Morgan fingerprint density at radius 2 is 2.20 bits per heavy atom. The smallest absolute Gasteiger partial charge is 0.0992 e. The fourth-order valence-electron chi connectivity index (χ4n) is 1.36. The van der Waals surface area contributed by atoms with Crippen molar-refractivity contribution in [1.29, 1.82) is 5.26 Å². The van der Waals surface area contributed by atoms with Crippen molar-refractivity contribution in [3.8, 4) is 6.07 Å². The molecular formula is C11H13BrN2O. The van der Waals surface area contributed by atoms with Crippen LogP contribution >= 0.6 is 15.9 Å². The van der Waals surface area contributed by atoms with Gasteiger partial charge in [-0.1, -0.05) is 15.9 Å². The van der Waals surface area contributed by atoms with Crippen molar-refractivity contribution in [3.63, 3.8) is 0 Å². The summed E-state index contributed by atoms with van der Waals surface area (Å²) in [5, 5.41) is 18.1. The van der Waals surface area contributed by atoms with Crippen LogP contribution in [0.5, 0.6) is 0 Å². The van der Waals surface area contributed by atoms with Gasteiger partial charge in [0.15, 0.2) is 0 Å². The molecule has 0 fully saturated rings. The molecule has 15 heavy (non-hydrogen) atoms. The second-order valence-corrected chi connectivity index (χ2v) is 4.46. The lowest BCUT2D eigenvalue weighted by atomic mass is 10.2.